The molecule has 86 valence electrons. The van der Waals surface area contributed by atoms with Crippen molar-refractivity contribution in [2.75, 3.05) is 5.73 Å². The number of hydrogen-bond acceptors (Lipinski definition) is 3. The van der Waals surface area contributed by atoms with Crippen LogP contribution >= 0.6 is 11.3 Å². The molecule has 0 atom stereocenters. The standard InChI is InChI=1S/C12H15FN2S/c1-4-7-8(13)5-9-11(10(7)6(2)3)16-12(14)15-9/h5-6H,4H2,1-3H3,(H2,14,15). The largest absolute Gasteiger partial charge is 0.375 e. The van der Waals surface area contributed by atoms with E-state index in [-0.39, 0.29) is 11.7 Å². The fourth-order valence-corrected chi connectivity index (χ4v) is 3.11. The Morgan fingerprint density at radius 3 is 2.75 bits per heavy atom. The molecule has 0 saturated carbocycles. The molecule has 0 aliphatic heterocycles. The van der Waals surface area contributed by atoms with Crippen LogP contribution < -0.4 is 5.73 Å². The Hall–Kier alpha value is -1.16. The molecule has 4 heteroatoms. The third-order valence-electron chi connectivity index (χ3n) is 2.72. The quantitative estimate of drug-likeness (QED) is 0.866. The average Bonchev–Trinajstić information content (AvgIpc) is 2.55. The Balaban J connectivity index is 2.86. The predicted molar refractivity (Wildman–Crippen MR) is 67.5 cm³/mol. The molecule has 1 aromatic carbocycles. The number of aromatic nitrogens is 1. The van der Waals surface area contributed by atoms with Gasteiger partial charge < -0.3 is 5.73 Å². The van der Waals surface area contributed by atoms with Crippen LogP contribution in [-0.4, -0.2) is 4.98 Å². The van der Waals surface area contributed by atoms with Crippen molar-refractivity contribution in [1.29, 1.82) is 0 Å². The summed E-state index contributed by atoms with van der Waals surface area (Å²) in [4.78, 5) is 4.15. The van der Waals surface area contributed by atoms with Gasteiger partial charge >= 0.3 is 0 Å². The van der Waals surface area contributed by atoms with Crippen molar-refractivity contribution in [3.8, 4) is 0 Å². The molecule has 0 radical (unpaired) electrons. The van der Waals surface area contributed by atoms with Crippen molar-refractivity contribution < 1.29 is 4.39 Å². The van der Waals surface area contributed by atoms with Crippen LogP contribution in [0.2, 0.25) is 0 Å². The SMILES string of the molecule is CCc1c(F)cc2nc(N)sc2c1C(C)C. The highest BCUT2D eigenvalue weighted by molar-refractivity contribution is 7.22. The fourth-order valence-electron chi connectivity index (χ4n) is 2.08. The molecule has 0 saturated heterocycles. The lowest BCUT2D eigenvalue weighted by Crippen LogP contribution is -1.99. The van der Waals surface area contributed by atoms with E-state index in [4.69, 9.17) is 5.73 Å². The lowest BCUT2D eigenvalue weighted by molar-refractivity contribution is 0.608. The number of thiazole rings is 1. The van der Waals surface area contributed by atoms with Gasteiger partial charge in [0.1, 0.15) is 5.82 Å². The molecule has 2 rings (SSSR count). The summed E-state index contributed by atoms with van der Waals surface area (Å²) in [6, 6.07) is 1.49. The zero-order chi connectivity index (χ0) is 11.9. The van der Waals surface area contributed by atoms with Crippen LogP contribution in [0.4, 0.5) is 9.52 Å². The fraction of sp³-hybridized carbons (Fsp3) is 0.417. The predicted octanol–water partition coefficient (Wildman–Crippen LogP) is 3.70. The average molecular weight is 238 g/mol. The Morgan fingerprint density at radius 2 is 2.19 bits per heavy atom. The van der Waals surface area contributed by atoms with Gasteiger partial charge in [0.05, 0.1) is 10.2 Å². The maximum atomic E-state index is 13.9. The van der Waals surface area contributed by atoms with Crippen molar-refractivity contribution in [2.24, 2.45) is 0 Å². The van der Waals surface area contributed by atoms with Crippen LogP contribution in [0.3, 0.4) is 0 Å². The van der Waals surface area contributed by atoms with E-state index in [9.17, 15) is 4.39 Å². The summed E-state index contributed by atoms with van der Waals surface area (Å²) in [6.45, 7) is 6.12. The second kappa shape index (κ2) is 4.01. The molecule has 0 fully saturated rings. The molecule has 0 aliphatic rings. The minimum absolute atomic E-state index is 0.163. The van der Waals surface area contributed by atoms with Gasteiger partial charge in [-0.05, 0) is 23.5 Å². The smallest absolute Gasteiger partial charge is 0.181 e. The van der Waals surface area contributed by atoms with Crippen LogP contribution in [-0.2, 0) is 6.42 Å². The number of hydrogen-bond donors (Lipinski definition) is 1. The Morgan fingerprint density at radius 1 is 1.50 bits per heavy atom. The summed E-state index contributed by atoms with van der Waals surface area (Å²) >= 11 is 1.45. The van der Waals surface area contributed by atoms with Crippen LogP contribution in [0.15, 0.2) is 6.07 Å². The van der Waals surface area contributed by atoms with Crippen molar-refractivity contribution in [3.05, 3.63) is 23.0 Å². The van der Waals surface area contributed by atoms with Gasteiger partial charge in [-0.3, -0.25) is 0 Å². The second-order valence-corrected chi connectivity index (χ2v) is 5.19. The molecule has 0 bridgehead atoms. The molecule has 1 heterocycles. The summed E-state index contributed by atoms with van der Waals surface area (Å²) in [7, 11) is 0. The van der Waals surface area contributed by atoms with Gasteiger partial charge in [-0.25, -0.2) is 9.37 Å². The van der Waals surface area contributed by atoms with E-state index in [1.165, 1.54) is 17.4 Å². The highest BCUT2D eigenvalue weighted by Gasteiger charge is 2.17. The molecule has 16 heavy (non-hydrogen) atoms. The number of anilines is 1. The van der Waals surface area contributed by atoms with E-state index in [0.717, 1.165) is 15.8 Å². The summed E-state index contributed by atoms with van der Waals surface area (Å²) in [5.41, 5.74) is 8.23. The highest BCUT2D eigenvalue weighted by Crippen LogP contribution is 2.35. The summed E-state index contributed by atoms with van der Waals surface area (Å²) < 4.78 is 14.9. The van der Waals surface area contributed by atoms with Gasteiger partial charge in [-0.2, -0.15) is 0 Å². The molecule has 2 N–H and O–H groups in total. The van der Waals surface area contributed by atoms with Gasteiger partial charge in [0, 0.05) is 6.07 Å². The van der Waals surface area contributed by atoms with E-state index in [0.29, 0.717) is 17.1 Å². The number of nitrogens with zero attached hydrogens (tertiary/aromatic N) is 1. The van der Waals surface area contributed by atoms with E-state index in [1.54, 1.807) is 0 Å². The van der Waals surface area contributed by atoms with Gasteiger partial charge in [-0.1, -0.05) is 32.1 Å². The summed E-state index contributed by atoms with van der Waals surface area (Å²) in [5.74, 6) is 0.122. The zero-order valence-corrected chi connectivity index (χ0v) is 10.5. The van der Waals surface area contributed by atoms with Crippen molar-refractivity contribution in [1.82, 2.24) is 4.98 Å². The molecule has 1 aromatic heterocycles. The molecule has 2 aromatic rings. The van der Waals surface area contributed by atoms with E-state index < -0.39 is 0 Å². The lowest BCUT2D eigenvalue weighted by Gasteiger charge is -2.13. The van der Waals surface area contributed by atoms with Gasteiger partial charge in [0.15, 0.2) is 5.13 Å². The van der Waals surface area contributed by atoms with E-state index in [1.807, 2.05) is 6.92 Å². The summed E-state index contributed by atoms with van der Waals surface area (Å²) in [6.07, 6.45) is 0.701. The summed E-state index contributed by atoms with van der Waals surface area (Å²) in [5, 5.41) is 0.504. The Kier molecular flexibility index (Phi) is 2.84. The number of nitrogen functional groups attached to an aromatic ring is 1. The van der Waals surface area contributed by atoms with E-state index in [2.05, 4.69) is 18.8 Å². The minimum atomic E-state index is -0.163. The first-order valence-electron chi connectivity index (χ1n) is 5.41. The minimum Gasteiger partial charge on any atom is -0.375 e. The molecule has 0 amide bonds. The molecule has 2 nitrogen and oxygen atoms in total. The first-order valence-corrected chi connectivity index (χ1v) is 6.23. The number of benzene rings is 1. The van der Waals surface area contributed by atoms with Gasteiger partial charge in [0.2, 0.25) is 0 Å². The topological polar surface area (TPSA) is 38.9 Å². The van der Waals surface area contributed by atoms with Crippen LogP contribution in [0, 0.1) is 5.82 Å². The maximum absolute atomic E-state index is 13.9. The van der Waals surface area contributed by atoms with Crippen LogP contribution in [0.5, 0.6) is 0 Å². The van der Waals surface area contributed by atoms with Crippen molar-refractivity contribution in [2.45, 2.75) is 33.1 Å². The lowest BCUT2D eigenvalue weighted by atomic mass is 9.95. The molecule has 0 spiro atoms. The number of halogens is 1. The van der Waals surface area contributed by atoms with Crippen molar-refractivity contribution >= 4 is 26.7 Å². The number of nitrogens with two attached hydrogens (primary N) is 1. The van der Waals surface area contributed by atoms with Crippen molar-refractivity contribution in [3.63, 3.8) is 0 Å². The normalized spacial score (nSPS) is 11.6. The second-order valence-electron chi connectivity index (χ2n) is 4.16. The number of rotatable bonds is 2. The molecule has 0 unspecified atom stereocenters. The maximum Gasteiger partial charge on any atom is 0.181 e. The van der Waals surface area contributed by atoms with Crippen LogP contribution in [0.25, 0.3) is 10.2 Å². The third kappa shape index (κ3) is 1.67. The first kappa shape index (κ1) is 11.3. The van der Waals surface area contributed by atoms with Gasteiger partial charge in [-0.15, -0.1) is 0 Å². The zero-order valence-electron chi connectivity index (χ0n) is 9.67. The first-order chi connectivity index (χ1) is 7.54. The Bertz CT molecular complexity index is 531. The Labute approximate surface area is 98.3 Å². The monoisotopic (exact) mass is 238 g/mol. The number of fused-ring (bicyclic) bond motifs is 1. The molecular formula is C12H15FN2S. The van der Waals surface area contributed by atoms with E-state index >= 15 is 0 Å². The third-order valence-corrected chi connectivity index (χ3v) is 3.66. The molecular weight excluding hydrogens is 223 g/mol. The highest BCUT2D eigenvalue weighted by atomic mass is 32.1. The van der Waals surface area contributed by atoms with Gasteiger partial charge in [0.25, 0.3) is 0 Å². The molecule has 0 aliphatic carbocycles. The van der Waals surface area contributed by atoms with Crippen LogP contribution in [0.1, 0.15) is 37.8 Å².